The van der Waals surface area contributed by atoms with Crippen LogP contribution in [0.4, 0.5) is 5.69 Å². The molecule has 21 heavy (non-hydrogen) atoms. The van der Waals surface area contributed by atoms with Crippen molar-refractivity contribution in [3.05, 3.63) is 29.8 Å². The summed E-state index contributed by atoms with van der Waals surface area (Å²) in [5, 5.41) is 0. The van der Waals surface area contributed by atoms with Crippen molar-refractivity contribution in [3.63, 3.8) is 0 Å². The third kappa shape index (κ3) is 5.90. The first-order valence-corrected chi connectivity index (χ1v) is 6.75. The maximum atomic E-state index is 11.7. The minimum atomic E-state index is -0.931. The van der Waals surface area contributed by atoms with Crippen molar-refractivity contribution in [1.29, 1.82) is 0 Å². The van der Waals surface area contributed by atoms with E-state index in [0.717, 1.165) is 5.56 Å². The molecule has 1 aromatic carbocycles. The zero-order valence-electron chi connectivity index (χ0n) is 11.8. The highest BCUT2D eigenvalue weighted by Crippen LogP contribution is 2.08. The van der Waals surface area contributed by atoms with Crippen LogP contribution >= 0.6 is 0 Å². The third-order valence-electron chi connectivity index (χ3n) is 2.96. The SMILES string of the molecule is NCCC[C@@H](N)C(=O)OC(=O)[C@@H](N)Cc1ccc(N)cc1. The van der Waals surface area contributed by atoms with Crippen LogP contribution in [0.1, 0.15) is 18.4 Å². The molecular weight excluding hydrogens is 272 g/mol. The summed E-state index contributed by atoms with van der Waals surface area (Å²) < 4.78 is 4.67. The smallest absolute Gasteiger partial charge is 0.330 e. The molecule has 0 aliphatic rings. The minimum Gasteiger partial charge on any atom is -0.399 e. The normalized spacial score (nSPS) is 13.5. The molecule has 0 aromatic heterocycles. The van der Waals surface area contributed by atoms with E-state index in [1.807, 2.05) is 0 Å². The lowest BCUT2D eigenvalue weighted by Gasteiger charge is -2.13. The summed E-state index contributed by atoms with van der Waals surface area (Å²) >= 11 is 0. The van der Waals surface area contributed by atoms with Gasteiger partial charge in [-0.2, -0.15) is 0 Å². The molecule has 0 aliphatic heterocycles. The Labute approximate surface area is 123 Å². The highest BCUT2D eigenvalue weighted by atomic mass is 16.6. The monoisotopic (exact) mass is 294 g/mol. The van der Waals surface area contributed by atoms with Crippen molar-refractivity contribution in [1.82, 2.24) is 0 Å². The van der Waals surface area contributed by atoms with Crippen LogP contribution in [0.25, 0.3) is 0 Å². The number of anilines is 1. The molecule has 1 aromatic rings. The summed E-state index contributed by atoms with van der Waals surface area (Å²) in [5.41, 5.74) is 23.6. The highest BCUT2D eigenvalue weighted by Gasteiger charge is 2.23. The van der Waals surface area contributed by atoms with E-state index in [1.54, 1.807) is 24.3 Å². The van der Waals surface area contributed by atoms with Crippen molar-refractivity contribution in [2.45, 2.75) is 31.3 Å². The summed E-state index contributed by atoms with van der Waals surface area (Å²) in [7, 11) is 0. The van der Waals surface area contributed by atoms with Gasteiger partial charge in [0.05, 0.1) is 0 Å². The number of hydrogen-bond donors (Lipinski definition) is 4. The van der Waals surface area contributed by atoms with Gasteiger partial charge in [-0.25, -0.2) is 9.59 Å². The Morgan fingerprint density at radius 3 is 2.19 bits per heavy atom. The standard InChI is InChI=1S/C14H22N4O3/c15-7-1-2-11(17)13(19)21-14(20)12(18)8-9-3-5-10(16)6-4-9/h3-6,11-12H,1-2,7-8,15-18H2/t11-,12+/m1/s1. The largest absolute Gasteiger partial charge is 0.399 e. The van der Waals surface area contributed by atoms with Crippen LogP contribution in [-0.4, -0.2) is 30.6 Å². The summed E-state index contributed by atoms with van der Waals surface area (Å²) in [6.45, 7) is 0.422. The van der Waals surface area contributed by atoms with E-state index < -0.39 is 24.0 Å². The number of benzene rings is 1. The number of nitrogens with two attached hydrogens (primary N) is 4. The van der Waals surface area contributed by atoms with Crippen molar-refractivity contribution < 1.29 is 14.3 Å². The Bertz CT molecular complexity index is 476. The number of carbonyl (C=O) groups excluding carboxylic acids is 2. The molecule has 2 atom stereocenters. The van der Waals surface area contributed by atoms with Crippen LogP contribution in [-0.2, 0) is 20.7 Å². The zero-order chi connectivity index (χ0) is 15.8. The van der Waals surface area contributed by atoms with Gasteiger partial charge in [0.2, 0.25) is 0 Å². The number of rotatable bonds is 7. The molecule has 0 bridgehead atoms. The van der Waals surface area contributed by atoms with Gasteiger partial charge < -0.3 is 27.7 Å². The van der Waals surface area contributed by atoms with Crippen LogP contribution in [0, 0.1) is 0 Å². The van der Waals surface area contributed by atoms with E-state index in [-0.39, 0.29) is 6.42 Å². The van der Waals surface area contributed by atoms with Gasteiger partial charge in [0.15, 0.2) is 0 Å². The van der Waals surface area contributed by atoms with Crippen LogP contribution < -0.4 is 22.9 Å². The quantitative estimate of drug-likeness (QED) is 0.294. The van der Waals surface area contributed by atoms with Gasteiger partial charge >= 0.3 is 11.9 Å². The lowest BCUT2D eigenvalue weighted by molar-refractivity contribution is -0.161. The van der Waals surface area contributed by atoms with Gasteiger partial charge in [-0.15, -0.1) is 0 Å². The topological polar surface area (TPSA) is 147 Å². The van der Waals surface area contributed by atoms with Crippen molar-refractivity contribution in [2.24, 2.45) is 17.2 Å². The first kappa shape index (κ1) is 17.1. The van der Waals surface area contributed by atoms with Crippen LogP contribution in [0.3, 0.4) is 0 Å². The lowest BCUT2D eigenvalue weighted by Crippen LogP contribution is -2.40. The number of nitrogen functional groups attached to an aromatic ring is 1. The Balaban J connectivity index is 2.47. The van der Waals surface area contributed by atoms with E-state index in [4.69, 9.17) is 22.9 Å². The maximum absolute atomic E-state index is 11.7. The molecule has 0 saturated heterocycles. The van der Waals surface area contributed by atoms with Crippen LogP contribution in [0.5, 0.6) is 0 Å². The van der Waals surface area contributed by atoms with E-state index in [0.29, 0.717) is 25.1 Å². The molecule has 0 aliphatic carbocycles. The molecule has 7 heteroatoms. The second-order valence-corrected chi connectivity index (χ2v) is 4.83. The summed E-state index contributed by atoms with van der Waals surface area (Å²) in [4.78, 5) is 23.3. The highest BCUT2D eigenvalue weighted by molar-refractivity contribution is 5.90. The number of carbonyl (C=O) groups is 2. The summed E-state index contributed by atoms with van der Waals surface area (Å²) in [6, 6.07) is 5.15. The molecule has 0 amide bonds. The van der Waals surface area contributed by atoms with Gasteiger partial charge in [0.1, 0.15) is 12.1 Å². The number of ether oxygens (including phenoxy) is 1. The molecule has 0 fully saturated rings. The molecule has 1 rings (SSSR count). The van der Waals surface area contributed by atoms with E-state index in [1.165, 1.54) is 0 Å². The second-order valence-electron chi connectivity index (χ2n) is 4.83. The molecule has 7 nitrogen and oxygen atoms in total. The first-order chi connectivity index (χ1) is 9.93. The molecule has 0 radical (unpaired) electrons. The fraction of sp³-hybridized carbons (Fsp3) is 0.429. The van der Waals surface area contributed by atoms with Gasteiger partial charge in [-0.05, 0) is 43.5 Å². The molecule has 116 valence electrons. The molecule has 0 unspecified atom stereocenters. The predicted molar refractivity (Wildman–Crippen MR) is 79.9 cm³/mol. The van der Waals surface area contributed by atoms with E-state index >= 15 is 0 Å². The zero-order valence-corrected chi connectivity index (χ0v) is 11.8. The van der Waals surface area contributed by atoms with E-state index in [2.05, 4.69) is 4.74 Å². The summed E-state index contributed by atoms with van der Waals surface area (Å²) in [5.74, 6) is -1.57. The molecule has 0 saturated carbocycles. The molecule has 8 N–H and O–H groups in total. The van der Waals surface area contributed by atoms with Gasteiger partial charge in [-0.1, -0.05) is 12.1 Å². The fourth-order valence-electron chi connectivity index (χ4n) is 1.70. The Morgan fingerprint density at radius 2 is 1.62 bits per heavy atom. The van der Waals surface area contributed by atoms with Gasteiger partial charge in [0, 0.05) is 5.69 Å². The number of hydrogen-bond acceptors (Lipinski definition) is 7. The predicted octanol–water partition coefficient (Wildman–Crippen LogP) is -0.725. The third-order valence-corrected chi connectivity index (χ3v) is 2.96. The Morgan fingerprint density at radius 1 is 1.05 bits per heavy atom. The van der Waals surface area contributed by atoms with Crippen LogP contribution in [0.15, 0.2) is 24.3 Å². The van der Waals surface area contributed by atoms with Gasteiger partial charge in [0.25, 0.3) is 0 Å². The second kappa shape index (κ2) is 8.35. The molecular formula is C14H22N4O3. The first-order valence-electron chi connectivity index (χ1n) is 6.75. The van der Waals surface area contributed by atoms with E-state index in [9.17, 15) is 9.59 Å². The maximum Gasteiger partial charge on any atom is 0.330 e. The van der Waals surface area contributed by atoms with Crippen molar-refractivity contribution in [3.8, 4) is 0 Å². The average molecular weight is 294 g/mol. The summed E-state index contributed by atoms with van der Waals surface area (Å²) in [6.07, 6.45) is 1.21. The lowest BCUT2D eigenvalue weighted by atomic mass is 10.1. The molecule has 0 spiro atoms. The van der Waals surface area contributed by atoms with Gasteiger partial charge in [-0.3, -0.25) is 0 Å². The average Bonchev–Trinajstić information content (AvgIpc) is 2.46. The fourth-order valence-corrected chi connectivity index (χ4v) is 1.70. The Kier molecular flexibility index (Phi) is 6.80. The van der Waals surface area contributed by atoms with Crippen molar-refractivity contribution in [2.75, 3.05) is 12.3 Å². The number of esters is 2. The minimum absolute atomic E-state index is 0.254. The molecule has 0 heterocycles. The van der Waals surface area contributed by atoms with Crippen molar-refractivity contribution >= 4 is 17.6 Å². The van der Waals surface area contributed by atoms with Crippen LogP contribution in [0.2, 0.25) is 0 Å². The Hall–Kier alpha value is -1.96.